The fourth-order valence-electron chi connectivity index (χ4n) is 1.83. The van der Waals surface area contributed by atoms with Crippen LogP contribution in [0.15, 0.2) is 35.7 Å². The fraction of sp³-hybridized carbons (Fsp3) is 0.176. The predicted molar refractivity (Wildman–Crippen MR) is 91.6 cm³/mol. The molecule has 136 valence electrons. The molecule has 26 heavy (non-hydrogen) atoms. The van der Waals surface area contributed by atoms with Crippen molar-refractivity contribution in [1.29, 1.82) is 0 Å². The Labute approximate surface area is 152 Å². The fourth-order valence-corrected chi connectivity index (χ4v) is 2.45. The second-order valence-electron chi connectivity index (χ2n) is 4.83. The lowest BCUT2D eigenvalue weighted by atomic mass is 10.2. The van der Waals surface area contributed by atoms with Crippen LogP contribution in [0.3, 0.4) is 0 Å². The van der Waals surface area contributed by atoms with Gasteiger partial charge in [0.05, 0.1) is 12.0 Å². The van der Waals surface area contributed by atoms with Gasteiger partial charge < -0.3 is 14.2 Å². The highest BCUT2D eigenvalue weighted by molar-refractivity contribution is 7.12. The molecule has 2 rings (SSSR count). The first kappa shape index (κ1) is 19.1. The summed E-state index contributed by atoms with van der Waals surface area (Å²) in [6.07, 6.45) is 0.649. The van der Waals surface area contributed by atoms with Crippen LogP contribution in [0.25, 0.3) is 0 Å². The SMILES string of the molecule is COc1cc(C=O)ccc1OCC(=O)OCC(=O)NC(=O)c1cccs1. The molecular formula is C17H15NO7S. The maximum atomic E-state index is 11.7. The molecular weight excluding hydrogens is 362 g/mol. The van der Waals surface area contributed by atoms with Crippen molar-refractivity contribution in [2.75, 3.05) is 20.3 Å². The van der Waals surface area contributed by atoms with Crippen LogP contribution in [0.1, 0.15) is 20.0 Å². The van der Waals surface area contributed by atoms with Gasteiger partial charge in [0.1, 0.15) is 6.29 Å². The summed E-state index contributed by atoms with van der Waals surface area (Å²) in [6, 6.07) is 7.67. The van der Waals surface area contributed by atoms with E-state index in [-0.39, 0.29) is 11.5 Å². The summed E-state index contributed by atoms with van der Waals surface area (Å²) < 4.78 is 15.1. The van der Waals surface area contributed by atoms with E-state index in [4.69, 9.17) is 14.2 Å². The molecule has 8 nitrogen and oxygen atoms in total. The van der Waals surface area contributed by atoms with E-state index in [0.717, 1.165) is 0 Å². The van der Waals surface area contributed by atoms with Crippen molar-refractivity contribution in [3.8, 4) is 11.5 Å². The Morgan fingerprint density at radius 1 is 1.15 bits per heavy atom. The number of carbonyl (C=O) groups excluding carboxylic acids is 4. The Morgan fingerprint density at radius 2 is 1.96 bits per heavy atom. The highest BCUT2D eigenvalue weighted by Crippen LogP contribution is 2.27. The first-order chi connectivity index (χ1) is 12.5. The summed E-state index contributed by atoms with van der Waals surface area (Å²) in [5.74, 6) is -1.58. The van der Waals surface area contributed by atoms with Crippen LogP contribution >= 0.6 is 11.3 Å². The molecule has 0 saturated heterocycles. The van der Waals surface area contributed by atoms with Crippen LogP contribution in [0, 0.1) is 0 Å². The van der Waals surface area contributed by atoms with E-state index in [1.165, 1.54) is 36.6 Å². The molecule has 0 radical (unpaired) electrons. The number of methoxy groups -OCH3 is 1. The van der Waals surface area contributed by atoms with Gasteiger partial charge in [0.15, 0.2) is 24.7 Å². The zero-order valence-corrected chi connectivity index (χ0v) is 14.5. The lowest BCUT2D eigenvalue weighted by Crippen LogP contribution is -2.34. The number of benzene rings is 1. The second kappa shape index (κ2) is 9.33. The van der Waals surface area contributed by atoms with Gasteiger partial charge in [-0.1, -0.05) is 6.07 Å². The molecule has 0 fully saturated rings. The number of carbonyl (C=O) groups is 4. The van der Waals surface area contributed by atoms with Gasteiger partial charge in [-0.15, -0.1) is 11.3 Å². The number of hydrogen-bond acceptors (Lipinski definition) is 8. The number of esters is 1. The normalized spacial score (nSPS) is 9.88. The molecule has 0 saturated carbocycles. The van der Waals surface area contributed by atoms with E-state index < -0.39 is 31.0 Å². The van der Waals surface area contributed by atoms with Crippen molar-refractivity contribution in [2.45, 2.75) is 0 Å². The standard InChI is InChI=1S/C17H15NO7S/c1-23-13-7-11(8-19)4-5-12(13)24-10-16(21)25-9-15(20)18-17(22)14-3-2-6-26-14/h2-8H,9-10H2,1H3,(H,18,20,22). The zero-order valence-electron chi connectivity index (χ0n) is 13.7. The monoisotopic (exact) mass is 377 g/mol. The second-order valence-corrected chi connectivity index (χ2v) is 5.78. The number of nitrogens with one attached hydrogen (secondary N) is 1. The van der Waals surface area contributed by atoms with Gasteiger partial charge in [-0.05, 0) is 29.6 Å². The maximum absolute atomic E-state index is 11.7. The van der Waals surface area contributed by atoms with E-state index in [9.17, 15) is 19.2 Å². The van der Waals surface area contributed by atoms with Crippen LogP contribution in [-0.4, -0.2) is 44.4 Å². The van der Waals surface area contributed by atoms with Gasteiger partial charge in [0.25, 0.3) is 11.8 Å². The van der Waals surface area contributed by atoms with Crippen molar-refractivity contribution in [2.24, 2.45) is 0 Å². The Morgan fingerprint density at radius 3 is 2.62 bits per heavy atom. The Hall–Kier alpha value is -3.20. The number of amides is 2. The molecule has 0 spiro atoms. The third kappa shape index (κ3) is 5.42. The first-order valence-electron chi connectivity index (χ1n) is 7.33. The lowest BCUT2D eigenvalue weighted by molar-refractivity contribution is -0.150. The summed E-state index contributed by atoms with van der Waals surface area (Å²) in [5, 5.41) is 3.80. The smallest absolute Gasteiger partial charge is 0.344 e. The molecule has 1 heterocycles. The first-order valence-corrected chi connectivity index (χ1v) is 8.20. The predicted octanol–water partition coefficient (Wildman–Crippen LogP) is 1.45. The molecule has 2 amide bonds. The maximum Gasteiger partial charge on any atom is 0.344 e. The summed E-state index contributed by atoms with van der Waals surface area (Å²) in [6.45, 7) is -1.08. The number of aldehydes is 1. The third-order valence-corrected chi connectivity index (χ3v) is 3.90. The molecule has 0 aliphatic carbocycles. The molecule has 0 aliphatic rings. The summed E-state index contributed by atoms with van der Waals surface area (Å²) in [5.41, 5.74) is 0.392. The van der Waals surface area contributed by atoms with Gasteiger partial charge >= 0.3 is 5.97 Å². The molecule has 1 aromatic carbocycles. The number of hydrogen-bond donors (Lipinski definition) is 1. The number of imide groups is 1. The van der Waals surface area contributed by atoms with Gasteiger partial charge in [-0.25, -0.2) is 4.79 Å². The minimum atomic E-state index is -0.801. The van der Waals surface area contributed by atoms with Crippen molar-refractivity contribution in [3.63, 3.8) is 0 Å². The highest BCUT2D eigenvalue weighted by Gasteiger charge is 2.14. The van der Waals surface area contributed by atoms with Crippen LogP contribution in [0.4, 0.5) is 0 Å². The molecule has 0 bridgehead atoms. The average Bonchev–Trinajstić information content (AvgIpc) is 3.19. The summed E-state index contributed by atoms with van der Waals surface area (Å²) >= 11 is 1.18. The molecule has 9 heteroatoms. The quantitative estimate of drug-likeness (QED) is 0.548. The van der Waals surface area contributed by atoms with Crippen LogP contribution in [-0.2, 0) is 14.3 Å². The molecule has 1 N–H and O–H groups in total. The molecule has 2 aromatic rings. The molecule has 0 aliphatic heterocycles. The Balaban J connectivity index is 1.77. The van der Waals surface area contributed by atoms with Gasteiger partial charge in [-0.2, -0.15) is 0 Å². The minimum Gasteiger partial charge on any atom is -0.493 e. The third-order valence-electron chi connectivity index (χ3n) is 3.03. The summed E-state index contributed by atoms with van der Waals surface area (Å²) in [7, 11) is 1.39. The van der Waals surface area contributed by atoms with E-state index >= 15 is 0 Å². The molecule has 0 atom stereocenters. The number of rotatable bonds is 8. The van der Waals surface area contributed by atoms with E-state index in [1.807, 2.05) is 0 Å². The van der Waals surface area contributed by atoms with E-state index in [0.29, 0.717) is 16.7 Å². The van der Waals surface area contributed by atoms with Gasteiger partial charge in [-0.3, -0.25) is 19.7 Å². The van der Waals surface area contributed by atoms with Crippen LogP contribution in [0.5, 0.6) is 11.5 Å². The average molecular weight is 377 g/mol. The van der Waals surface area contributed by atoms with E-state index in [2.05, 4.69) is 5.32 Å². The number of thiophene rings is 1. The Bertz CT molecular complexity index is 801. The molecule has 1 aromatic heterocycles. The van der Waals surface area contributed by atoms with Crippen LogP contribution in [0.2, 0.25) is 0 Å². The minimum absolute atomic E-state index is 0.243. The van der Waals surface area contributed by atoms with Crippen molar-refractivity contribution in [1.82, 2.24) is 5.32 Å². The van der Waals surface area contributed by atoms with Crippen LogP contribution < -0.4 is 14.8 Å². The highest BCUT2D eigenvalue weighted by atomic mass is 32.1. The zero-order chi connectivity index (χ0) is 18.9. The lowest BCUT2D eigenvalue weighted by Gasteiger charge is -2.10. The summed E-state index contributed by atoms with van der Waals surface area (Å²) in [4.78, 5) is 46.0. The van der Waals surface area contributed by atoms with Gasteiger partial charge in [0, 0.05) is 5.56 Å². The Kier molecular flexibility index (Phi) is 6.86. The van der Waals surface area contributed by atoms with E-state index in [1.54, 1.807) is 17.5 Å². The topological polar surface area (TPSA) is 108 Å². The van der Waals surface area contributed by atoms with Crippen molar-refractivity contribution < 1.29 is 33.4 Å². The van der Waals surface area contributed by atoms with Crippen molar-refractivity contribution in [3.05, 3.63) is 46.2 Å². The van der Waals surface area contributed by atoms with Crippen molar-refractivity contribution >= 4 is 35.4 Å². The van der Waals surface area contributed by atoms with Gasteiger partial charge in [0.2, 0.25) is 0 Å². The number of ether oxygens (including phenoxy) is 3. The molecule has 0 unspecified atom stereocenters. The largest absolute Gasteiger partial charge is 0.493 e.